The lowest BCUT2D eigenvalue weighted by Gasteiger charge is -2.29. The number of rotatable bonds is 47. The molecule has 0 saturated carbocycles. The molecule has 0 radical (unpaired) electrons. The van der Waals surface area contributed by atoms with E-state index in [9.17, 15) is 19.4 Å². The molecule has 0 aromatic carbocycles. The summed E-state index contributed by atoms with van der Waals surface area (Å²) in [6.45, 7) is 4.44. The Kier molecular flexibility index (Phi) is 45.1. The summed E-state index contributed by atoms with van der Waals surface area (Å²) >= 11 is 0. The third-order valence-corrected chi connectivity index (χ3v) is 12.3. The van der Waals surface area contributed by atoms with Gasteiger partial charge in [-0.1, -0.05) is 221 Å². The van der Waals surface area contributed by atoms with Gasteiger partial charge in [-0.05, 0) is 70.6 Å². The van der Waals surface area contributed by atoms with Gasteiger partial charge >= 0.3 is 0 Å². The maximum atomic E-state index is 12.8. The van der Waals surface area contributed by atoms with Gasteiger partial charge in [-0.15, -0.1) is 0 Å². The summed E-state index contributed by atoms with van der Waals surface area (Å²) in [7, 11) is 1.25. The Bertz CT molecular complexity index is 1330. The van der Waals surface area contributed by atoms with Crippen molar-refractivity contribution in [2.45, 2.75) is 225 Å². The first-order valence-electron chi connectivity index (χ1n) is 26.4. The summed E-state index contributed by atoms with van der Waals surface area (Å²) in [6, 6.07) is -0.885. The van der Waals surface area contributed by atoms with E-state index in [2.05, 4.69) is 92.1 Å². The van der Waals surface area contributed by atoms with Crippen LogP contribution in [0, 0.1) is 0 Å². The van der Waals surface area contributed by atoms with E-state index < -0.39 is 20.0 Å². The van der Waals surface area contributed by atoms with Crippen LogP contribution in [0.1, 0.15) is 213 Å². The summed E-state index contributed by atoms with van der Waals surface area (Å²) in [5, 5.41) is 13.6. The van der Waals surface area contributed by atoms with Gasteiger partial charge in [0.25, 0.3) is 7.82 Å². The molecule has 0 aliphatic rings. The number of carbonyl (C=O) groups is 1. The monoisotopic (exact) mass is 929 g/mol. The van der Waals surface area contributed by atoms with Gasteiger partial charge in [0.2, 0.25) is 5.91 Å². The highest BCUT2D eigenvalue weighted by molar-refractivity contribution is 7.45. The average molecular weight is 929 g/mol. The van der Waals surface area contributed by atoms with Crippen molar-refractivity contribution in [2.24, 2.45) is 0 Å². The van der Waals surface area contributed by atoms with Gasteiger partial charge < -0.3 is 28.8 Å². The van der Waals surface area contributed by atoms with Gasteiger partial charge in [-0.2, -0.15) is 0 Å². The molecule has 1 amide bonds. The highest BCUT2D eigenvalue weighted by Gasteiger charge is 2.23. The number of aliphatic hydroxyl groups is 1. The van der Waals surface area contributed by atoms with Crippen LogP contribution in [-0.4, -0.2) is 68.5 Å². The Morgan fingerprint density at radius 2 is 0.938 bits per heavy atom. The molecule has 65 heavy (non-hydrogen) atoms. The molecule has 0 bridgehead atoms. The molecule has 0 rings (SSSR count). The molecule has 3 atom stereocenters. The van der Waals surface area contributed by atoms with E-state index >= 15 is 0 Å². The first-order valence-corrected chi connectivity index (χ1v) is 27.9. The van der Waals surface area contributed by atoms with Crippen LogP contribution >= 0.6 is 7.82 Å². The van der Waals surface area contributed by atoms with Gasteiger partial charge in [-0.25, -0.2) is 0 Å². The van der Waals surface area contributed by atoms with E-state index in [0.717, 1.165) is 83.5 Å². The molecule has 0 saturated heterocycles. The fourth-order valence-electron chi connectivity index (χ4n) is 7.21. The zero-order valence-corrected chi connectivity index (χ0v) is 43.6. The predicted octanol–water partition coefficient (Wildman–Crippen LogP) is 15.1. The van der Waals surface area contributed by atoms with Crippen LogP contribution in [0.5, 0.6) is 0 Å². The van der Waals surface area contributed by atoms with Gasteiger partial charge in [0, 0.05) is 6.42 Å². The third-order valence-electron chi connectivity index (χ3n) is 11.4. The first kappa shape index (κ1) is 62.7. The zero-order valence-electron chi connectivity index (χ0n) is 42.7. The minimum absolute atomic E-state index is 0.00337. The molecular formula is C56H101N2O6P. The quantitative estimate of drug-likeness (QED) is 0.0272. The molecule has 0 aliphatic heterocycles. The van der Waals surface area contributed by atoms with Crippen molar-refractivity contribution >= 4 is 13.7 Å². The van der Waals surface area contributed by atoms with Gasteiger partial charge in [0.1, 0.15) is 13.2 Å². The van der Waals surface area contributed by atoms with Crippen molar-refractivity contribution < 1.29 is 32.9 Å². The molecule has 2 N–H and O–H groups in total. The molecule has 0 aliphatic carbocycles. The number of nitrogens with zero attached hydrogens (tertiary/aromatic N) is 1. The van der Waals surface area contributed by atoms with Crippen LogP contribution < -0.4 is 10.2 Å². The molecule has 0 fully saturated rings. The number of hydrogen-bond donors (Lipinski definition) is 2. The fraction of sp³-hybridized carbons (Fsp3) is 0.732. The minimum Gasteiger partial charge on any atom is -0.756 e. The van der Waals surface area contributed by atoms with Crippen LogP contribution in [0.4, 0.5) is 0 Å². The van der Waals surface area contributed by atoms with Crippen LogP contribution in [0.15, 0.2) is 85.1 Å². The van der Waals surface area contributed by atoms with Crippen LogP contribution in [0.3, 0.4) is 0 Å². The molecule has 8 nitrogen and oxygen atoms in total. The van der Waals surface area contributed by atoms with E-state index in [1.807, 2.05) is 27.2 Å². The highest BCUT2D eigenvalue weighted by atomic mass is 31.2. The lowest BCUT2D eigenvalue weighted by Crippen LogP contribution is -2.45. The lowest BCUT2D eigenvalue weighted by atomic mass is 10.0. The zero-order chi connectivity index (χ0) is 47.8. The number of hydrogen-bond acceptors (Lipinski definition) is 6. The normalized spacial score (nSPS) is 14.8. The second-order valence-corrected chi connectivity index (χ2v) is 20.3. The molecule has 376 valence electrons. The Morgan fingerprint density at radius 3 is 1.37 bits per heavy atom. The number of allylic oxidation sites excluding steroid dienone is 13. The Labute approximate surface area is 401 Å². The first-order chi connectivity index (χ1) is 31.5. The maximum absolute atomic E-state index is 12.8. The van der Waals surface area contributed by atoms with Gasteiger partial charge in [0.15, 0.2) is 0 Å². The van der Waals surface area contributed by atoms with Crippen LogP contribution in [0.25, 0.3) is 0 Å². The molecule has 0 aromatic rings. The van der Waals surface area contributed by atoms with Crippen molar-refractivity contribution in [3.8, 4) is 0 Å². The van der Waals surface area contributed by atoms with Crippen molar-refractivity contribution in [1.82, 2.24) is 5.32 Å². The van der Waals surface area contributed by atoms with E-state index in [1.54, 1.807) is 6.08 Å². The summed E-state index contributed by atoms with van der Waals surface area (Å²) in [6.07, 6.45) is 65.6. The van der Waals surface area contributed by atoms with Gasteiger partial charge in [0.05, 0.1) is 39.9 Å². The number of amides is 1. The summed E-state index contributed by atoms with van der Waals surface area (Å²) in [5.74, 6) is -0.205. The van der Waals surface area contributed by atoms with E-state index in [0.29, 0.717) is 17.4 Å². The molecule has 0 aromatic heterocycles. The minimum atomic E-state index is -4.58. The number of phosphoric ester groups is 1. The average Bonchev–Trinajstić information content (AvgIpc) is 3.26. The number of quaternary nitrogens is 1. The predicted molar refractivity (Wildman–Crippen MR) is 279 cm³/mol. The summed E-state index contributed by atoms with van der Waals surface area (Å²) in [4.78, 5) is 25.2. The number of phosphoric acid groups is 1. The topological polar surface area (TPSA) is 108 Å². The van der Waals surface area contributed by atoms with E-state index in [4.69, 9.17) is 9.05 Å². The van der Waals surface area contributed by atoms with Crippen molar-refractivity contribution in [2.75, 3.05) is 40.9 Å². The molecule has 9 heteroatoms. The maximum Gasteiger partial charge on any atom is 0.268 e. The highest BCUT2D eigenvalue weighted by Crippen LogP contribution is 2.38. The number of unbranched alkanes of at least 4 members (excludes halogenated alkanes) is 22. The smallest absolute Gasteiger partial charge is 0.268 e. The summed E-state index contributed by atoms with van der Waals surface area (Å²) < 4.78 is 23.1. The standard InChI is InChI=1S/C56H101N2O6P/c1-6-8-10-12-14-15-16-17-18-19-20-21-22-23-24-25-26-27-28-29-30-31-32-33-34-35-36-37-38-39-40-41-42-43-44-46-48-50-56(60)57-54(55(59)49-47-45-13-11-9-7-2)53-64-65(61,62)63-52-51-58(3,4)5/h8,10,14-15,17-18,20-21,23-24,26-27,47,49,54-55,59H,6-7,9,11-13,16,19,22,25,28-46,48,50-53H2,1-5H3,(H-,57,60,61,62)/b10-8-,15-14-,18-17-,21-20-,24-23-,27-26-,49-47+. The molecular weight excluding hydrogens is 828 g/mol. The molecule has 3 unspecified atom stereocenters. The van der Waals surface area contributed by atoms with Crippen LogP contribution in [-0.2, 0) is 18.4 Å². The molecule has 0 heterocycles. The van der Waals surface area contributed by atoms with E-state index in [-0.39, 0.29) is 19.1 Å². The number of carbonyl (C=O) groups excluding carboxylic acids is 1. The van der Waals surface area contributed by atoms with Crippen molar-refractivity contribution in [3.63, 3.8) is 0 Å². The van der Waals surface area contributed by atoms with Crippen molar-refractivity contribution in [3.05, 3.63) is 85.1 Å². The van der Waals surface area contributed by atoms with E-state index in [1.165, 1.54) is 109 Å². The SMILES string of the molecule is CC/C=C\C/C=C\C/C=C\C/C=C\C/C=C\C/C=C\CCCCCCCCCCCCCCCCCCCCC(=O)NC(COP(=O)([O-])OCC[N+](C)(C)C)C(O)/C=C/CCCCCC. The Balaban J connectivity index is 3.84. The lowest BCUT2D eigenvalue weighted by molar-refractivity contribution is -0.870. The summed E-state index contributed by atoms with van der Waals surface area (Å²) in [5.41, 5.74) is 0. The Hall–Kier alpha value is -2.32. The number of likely N-dealkylation sites (N-methyl/N-ethyl adjacent to an activating group) is 1. The Morgan fingerprint density at radius 1 is 0.554 bits per heavy atom. The third kappa shape index (κ3) is 49.4. The van der Waals surface area contributed by atoms with Crippen molar-refractivity contribution in [1.29, 1.82) is 0 Å². The second kappa shape index (κ2) is 46.8. The second-order valence-electron chi connectivity index (χ2n) is 18.9. The van der Waals surface area contributed by atoms with Crippen LogP contribution in [0.2, 0.25) is 0 Å². The largest absolute Gasteiger partial charge is 0.756 e. The number of aliphatic hydroxyl groups excluding tert-OH is 1. The number of nitrogens with one attached hydrogen (secondary N) is 1. The fourth-order valence-corrected chi connectivity index (χ4v) is 7.94. The van der Waals surface area contributed by atoms with Gasteiger partial charge in [-0.3, -0.25) is 9.36 Å². The molecule has 0 spiro atoms.